The smallest absolute Gasteiger partial charge is 0.409 e. The number of benzene rings is 1. The minimum Gasteiger partial charge on any atom is -0.450 e. The molecule has 7 heteroatoms. The second-order valence-corrected chi connectivity index (χ2v) is 6.89. The number of piperazine rings is 1. The Morgan fingerprint density at radius 2 is 1.89 bits per heavy atom. The molecule has 2 aromatic rings. The third-order valence-corrected chi connectivity index (χ3v) is 4.82. The minimum absolute atomic E-state index is 0.235. The third kappa shape index (κ3) is 4.30. The molecule has 0 atom stereocenters. The van der Waals surface area contributed by atoms with Crippen molar-refractivity contribution in [1.82, 2.24) is 14.9 Å². The number of amides is 1. The van der Waals surface area contributed by atoms with Gasteiger partial charge in [0.05, 0.1) is 12.3 Å². The number of hydrogen-bond acceptors (Lipinski definition) is 6. The van der Waals surface area contributed by atoms with E-state index in [1.165, 1.54) is 12.8 Å². The van der Waals surface area contributed by atoms with Crippen molar-refractivity contribution in [3.05, 3.63) is 36.4 Å². The van der Waals surface area contributed by atoms with E-state index in [9.17, 15) is 4.79 Å². The van der Waals surface area contributed by atoms with E-state index in [1.807, 2.05) is 31.2 Å². The molecule has 0 bridgehead atoms. The first-order valence-electron chi connectivity index (χ1n) is 9.60. The van der Waals surface area contributed by atoms with Gasteiger partial charge in [0, 0.05) is 43.9 Å². The highest BCUT2D eigenvalue weighted by atomic mass is 16.6. The van der Waals surface area contributed by atoms with Crippen LogP contribution in [0.5, 0.6) is 0 Å². The first-order valence-corrected chi connectivity index (χ1v) is 9.60. The van der Waals surface area contributed by atoms with Gasteiger partial charge in [0.15, 0.2) is 0 Å². The summed E-state index contributed by atoms with van der Waals surface area (Å²) in [5.74, 6) is 1.58. The summed E-state index contributed by atoms with van der Waals surface area (Å²) in [7, 11) is 0. The Hall–Kier alpha value is -2.83. The van der Waals surface area contributed by atoms with Crippen molar-refractivity contribution >= 4 is 17.9 Å². The molecule has 0 spiro atoms. The number of nitrogens with zero attached hydrogens (tertiary/aromatic N) is 4. The molecule has 142 valence electrons. The van der Waals surface area contributed by atoms with E-state index in [0.29, 0.717) is 31.7 Å². The van der Waals surface area contributed by atoms with Crippen molar-refractivity contribution in [3.63, 3.8) is 0 Å². The van der Waals surface area contributed by atoms with Gasteiger partial charge in [0.2, 0.25) is 5.95 Å². The average Bonchev–Trinajstić information content (AvgIpc) is 3.53. The molecule has 1 aliphatic heterocycles. The molecular formula is C20H25N5O2. The highest BCUT2D eigenvalue weighted by Gasteiger charge is 2.25. The summed E-state index contributed by atoms with van der Waals surface area (Å²) in [6, 6.07) is 12.7. The minimum atomic E-state index is -0.235. The maximum atomic E-state index is 11.9. The highest BCUT2D eigenvalue weighted by Crippen LogP contribution is 2.28. The zero-order valence-corrected chi connectivity index (χ0v) is 15.6. The molecule has 0 unspecified atom stereocenters. The van der Waals surface area contributed by atoms with E-state index in [2.05, 4.69) is 22.3 Å². The SMILES string of the molecule is CCOC(=O)N1CCN(c2cc(-c3ccccc3)nc(NC3CC3)n2)CC1. The number of hydrogen-bond donors (Lipinski definition) is 1. The Kier molecular flexibility index (Phi) is 5.09. The summed E-state index contributed by atoms with van der Waals surface area (Å²) in [6.45, 7) is 4.96. The molecule has 1 aromatic carbocycles. The van der Waals surface area contributed by atoms with Crippen LogP contribution in [0.2, 0.25) is 0 Å². The van der Waals surface area contributed by atoms with Crippen LogP contribution in [-0.4, -0.2) is 59.8 Å². The number of carbonyl (C=O) groups is 1. The van der Waals surface area contributed by atoms with Crippen molar-refractivity contribution in [2.24, 2.45) is 0 Å². The van der Waals surface area contributed by atoms with E-state index in [-0.39, 0.29) is 6.09 Å². The molecule has 7 nitrogen and oxygen atoms in total. The van der Waals surface area contributed by atoms with Crippen molar-refractivity contribution in [2.75, 3.05) is 43.0 Å². The molecule has 0 radical (unpaired) electrons. The largest absolute Gasteiger partial charge is 0.450 e. The Morgan fingerprint density at radius 3 is 2.56 bits per heavy atom. The number of carbonyl (C=O) groups excluding carboxylic acids is 1. The number of rotatable bonds is 5. The van der Waals surface area contributed by atoms with Gasteiger partial charge in [-0.05, 0) is 19.8 Å². The summed E-state index contributed by atoms with van der Waals surface area (Å²) in [5, 5.41) is 3.42. The first kappa shape index (κ1) is 17.6. The zero-order valence-electron chi connectivity index (χ0n) is 15.6. The first-order chi connectivity index (χ1) is 13.2. The lowest BCUT2D eigenvalue weighted by molar-refractivity contribution is 0.105. The van der Waals surface area contributed by atoms with Crippen LogP contribution in [0.1, 0.15) is 19.8 Å². The molecule has 2 fully saturated rings. The lowest BCUT2D eigenvalue weighted by atomic mass is 10.1. The molecule has 1 aromatic heterocycles. The van der Waals surface area contributed by atoms with Gasteiger partial charge in [0.1, 0.15) is 5.82 Å². The van der Waals surface area contributed by atoms with Crippen molar-refractivity contribution in [1.29, 1.82) is 0 Å². The van der Waals surface area contributed by atoms with E-state index in [4.69, 9.17) is 14.7 Å². The lowest BCUT2D eigenvalue weighted by Crippen LogP contribution is -2.49. The monoisotopic (exact) mass is 367 g/mol. The van der Waals surface area contributed by atoms with E-state index in [0.717, 1.165) is 30.2 Å². The summed E-state index contributed by atoms with van der Waals surface area (Å²) in [4.78, 5) is 25.3. The number of ether oxygens (including phenoxy) is 1. The number of aromatic nitrogens is 2. The second-order valence-electron chi connectivity index (χ2n) is 6.89. The Balaban J connectivity index is 1.54. The van der Waals surface area contributed by atoms with Crippen molar-refractivity contribution < 1.29 is 9.53 Å². The fourth-order valence-corrected chi connectivity index (χ4v) is 3.16. The van der Waals surface area contributed by atoms with E-state index >= 15 is 0 Å². The quantitative estimate of drug-likeness (QED) is 0.876. The summed E-state index contributed by atoms with van der Waals surface area (Å²) >= 11 is 0. The van der Waals surface area contributed by atoms with Crippen LogP contribution in [0.15, 0.2) is 36.4 Å². The average molecular weight is 367 g/mol. The van der Waals surface area contributed by atoms with E-state index < -0.39 is 0 Å². The van der Waals surface area contributed by atoms with Gasteiger partial charge >= 0.3 is 6.09 Å². The van der Waals surface area contributed by atoms with Gasteiger partial charge in [-0.1, -0.05) is 30.3 Å². The van der Waals surface area contributed by atoms with Gasteiger partial charge in [0.25, 0.3) is 0 Å². The van der Waals surface area contributed by atoms with Gasteiger partial charge in [-0.25, -0.2) is 9.78 Å². The Morgan fingerprint density at radius 1 is 1.15 bits per heavy atom. The molecular weight excluding hydrogens is 342 g/mol. The van der Waals surface area contributed by atoms with Crippen molar-refractivity contribution in [2.45, 2.75) is 25.8 Å². The van der Waals surface area contributed by atoms with Crippen LogP contribution in [-0.2, 0) is 4.74 Å². The molecule has 4 rings (SSSR count). The number of anilines is 2. The van der Waals surface area contributed by atoms with Gasteiger partial charge in [-0.15, -0.1) is 0 Å². The third-order valence-electron chi connectivity index (χ3n) is 4.82. The van der Waals surface area contributed by atoms with Crippen molar-refractivity contribution in [3.8, 4) is 11.3 Å². The lowest BCUT2D eigenvalue weighted by Gasteiger charge is -2.34. The molecule has 1 aliphatic carbocycles. The molecule has 1 saturated carbocycles. The molecule has 1 saturated heterocycles. The van der Waals surface area contributed by atoms with Gasteiger partial charge in [-0.2, -0.15) is 4.98 Å². The predicted octanol–water partition coefficient (Wildman–Crippen LogP) is 3.00. The van der Waals surface area contributed by atoms with Crippen LogP contribution in [0, 0.1) is 0 Å². The van der Waals surface area contributed by atoms with E-state index in [1.54, 1.807) is 4.90 Å². The van der Waals surface area contributed by atoms with Crippen LogP contribution < -0.4 is 10.2 Å². The van der Waals surface area contributed by atoms with Gasteiger partial charge in [-0.3, -0.25) is 0 Å². The van der Waals surface area contributed by atoms with Crippen LogP contribution in [0.4, 0.5) is 16.6 Å². The predicted molar refractivity (Wildman–Crippen MR) is 105 cm³/mol. The zero-order chi connectivity index (χ0) is 18.6. The molecule has 27 heavy (non-hydrogen) atoms. The normalized spacial score (nSPS) is 16.9. The maximum Gasteiger partial charge on any atom is 0.409 e. The van der Waals surface area contributed by atoms with Crippen LogP contribution in [0.3, 0.4) is 0 Å². The summed E-state index contributed by atoms with van der Waals surface area (Å²) < 4.78 is 5.10. The maximum absolute atomic E-state index is 11.9. The van der Waals surface area contributed by atoms with Crippen LogP contribution >= 0.6 is 0 Å². The summed E-state index contributed by atoms with van der Waals surface area (Å²) in [5.41, 5.74) is 1.99. The standard InChI is InChI=1S/C20H25N5O2/c1-2-27-20(26)25-12-10-24(11-13-25)18-14-17(15-6-4-3-5-7-15)22-19(23-18)21-16-8-9-16/h3-7,14,16H,2,8-13H2,1H3,(H,21,22,23). The molecule has 1 amide bonds. The molecule has 2 aliphatic rings. The van der Waals surface area contributed by atoms with Crippen LogP contribution in [0.25, 0.3) is 11.3 Å². The fraction of sp³-hybridized carbons (Fsp3) is 0.450. The van der Waals surface area contributed by atoms with Gasteiger partial charge < -0.3 is 19.9 Å². The summed E-state index contributed by atoms with van der Waals surface area (Å²) in [6.07, 6.45) is 2.11. The Bertz CT molecular complexity index is 786. The topological polar surface area (TPSA) is 70.6 Å². The molecule has 1 N–H and O–H groups in total. The highest BCUT2D eigenvalue weighted by molar-refractivity contribution is 5.68. The Labute approximate surface area is 159 Å². The molecule has 2 heterocycles. The fourth-order valence-electron chi connectivity index (χ4n) is 3.16. The number of nitrogens with one attached hydrogen (secondary N) is 1. The second kappa shape index (κ2) is 7.82.